The second-order valence-corrected chi connectivity index (χ2v) is 6.69. The average Bonchev–Trinajstić information content (AvgIpc) is 2.69. The fraction of sp³-hybridized carbons (Fsp3) is 0. The van der Waals surface area contributed by atoms with Gasteiger partial charge in [0.25, 0.3) is 10.0 Å². The van der Waals surface area contributed by atoms with Gasteiger partial charge in [-0.3, -0.25) is 4.72 Å². The van der Waals surface area contributed by atoms with Gasteiger partial charge in [0.15, 0.2) is 19.6 Å². The van der Waals surface area contributed by atoms with E-state index in [0.717, 1.165) is 11.3 Å². The minimum absolute atomic E-state index is 0.000694. The maximum absolute atomic E-state index is 11.8. The van der Waals surface area contributed by atoms with Gasteiger partial charge >= 0.3 is 0 Å². The van der Waals surface area contributed by atoms with E-state index in [-0.39, 0.29) is 19.6 Å². The molecule has 0 aromatic carbocycles. The van der Waals surface area contributed by atoms with E-state index < -0.39 is 10.0 Å². The van der Waals surface area contributed by atoms with Crippen molar-refractivity contribution in [3.63, 3.8) is 0 Å². The molecule has 2 aromatic rings. The number of hydrogen-bond donors (Lipinski definition) is 1. The summed E-state index contributed by atoms with van der Waals surface area (Å²) < 4.78 is 26.0. The maximum atomic E-state index is 11.8. The van der Waals surface area contributed by atoms with Crippen molar-refractivity contribution in [2.75, 3.05) is 4.72 Å². The Balaban J connectivity index is 2.26. The Morgan fingerprint density at radius 2 is 2.00 bits per heavy atom. The first-order valence-electron chi connectivity index (χ1n) is 4.11. The molecule has 6 nitrogen and oxygen atoms in total. The van der Waals surface area contributed by atoms with Crippen LogP contribution in [0.15, 0.2) is 22.5 Å². The molecule has 0 saturated heterocycles. The lowest BCUT2D eigenvalue weighted by molar-refractivity contribution is 0.602. The van der Waals surface area contributed by atoms with Gasteiger partial charge in [0, 0.05) is 0 Å². The molecular weight excluding hydrogens is 307 g/mol. The van der Waals surface area contributed by atoms with Gasteiger partial charge in [0.05, 0.1) is 6.20 Å². The van der Waals surface area contributed by atoms with Crippen LogP contribution in [0.5, 0.6) is 0 Å². The molecule has 0 atom stereocenters. The molecule has 0 saturated carbocycles. The number of halogens is 2. The Hall–Kier alpha value is -0.960. The first-order valence-corrected chi connectivity index (χ1v) is 7.16. The van der Waals surface area contributed by atoms with Crippen LogP contribution < -0.4 is 4.72 Å². The Labute approximate surface area is 111 Å². The second-order valence-electron chi connectivity index (χ2n) is 2.78. The molecule has 90 valence electrons. The van der Waals surface area contributed by atoms with Crippen molar-refractivity contribution in [2.24, 2.45) is 0 Å². The molecular formula is C7H4Cl2N4O2S2. The van der Waals surface area contributed by atoms with Crippen LogP contribution in [0.1, 0.15) is 0 Å². The summed E-state index contributed by atoms with van der Waals surface area (Å²) in [5.41, 5.74) is 0. The van der Waals surface area contributed by atoms with Crippen molar-refractivity contribution in [1.29, 1.82) is 0 Å². The van der Waals surface area contributed by atoms with E-state index in [1.165, 1.54) is 18.3 Å². The Morgan fingerprint density at radius 1 is 1.24 bits per heavy atom. The van der Waals surface area contributed by atoms with Gasteiger partial charge in [-0.1, -0.05) is 34.5 Å². The summed E-state index contributed by atoms with van der Waals surface area (Å²) in [5, 5.41) is 7.26. The number of anilines is 1. The number of hydrogen-bond acceptors (Lipinski definition) is 6. The van der Waals surface area contributed by atoms with Gasteiger partial charge in [0.2, 0.25) is 0 Å². The van der Waals surface area contributed by atoms with Crippen LogP contribution in [-0.2, 0) is 10.0 Å². The van der Waals surface area contributed by atoms with Crippen molar-refractivity contribution >= 4 is 50.4 Å². The Kier molecular flexibility index (Phi) is 3.48. The molecule has 0 unspecified atom stereocenters. The van der Waals surface area contributed by atoms with Crippen LogP contribution in [0.4, 0.5) is 5.82 Å². The minimum Gasteiger partial charge on any atom is -0.261 e. The predicted octanol–water partition coefficient (Wildman–Crippen LogP) is 2.04. The third kappa shape index (κ3) is 3.03. The third-order valence-corrected chi connectivity index (χ3v) is 4.72. The van der Waals surface area contributed by atoms with Gasteiger partial charge in [0.1, 0.15) is 0 Å². The fourth-order valence-corrected chi connectivity index (χ4v) is 3.31. The zero-order valence-corrected chi connectivity index (χ0v) is 11.1. The highest BCUT2D eigenvalue weighted by molar-refractivity contribution is 7.94. The lowest BCUT2D eigenvalue weighted by atomic mass is 10.5. The summed E-state index contributed by atoms with van der Waals surface area (Å²) in [6.45, 7) is 0. The normalized spacial score (nSPS) is 11.4. The van der Waals surface area contributed by atoms with Gasteiger partial charge in [-0.2, -0.15) is 0 Å². The van der Waals surface area contributed by atoms with E-state index in [2.05, 4.69) is 19.9 Å². The standard InChI is InChI=1S/C7H4Cl2N4O2S2/c8-4-1-2-5(12-11-4)13-17(14,15)6-3-10-7(9)16-6/h1-3H,(H,12,13). The Morgan fingerprint density at radius 3 is 2.53 bits per heavy atom. The number of sulfonamides is 1. The smallest absolute Gasteiger partial charge is 0.261 e. The molecule has 1 N–H and O–H groups in total. The van der Waals surface area contributed by atoms with E-state index in [1.54, 1.807) is 0 Å². The molecule has 2 heterocycles. The zero-order chi connectivity index (χ0) is 12.5. The summed E-state index contributed by atoms with van der Waals surface area (Å²) in [7, 11) is -3.73. The average molecular weight is 311 g/mol. The number of rotatable bonds is 3. The van der Waals surface area contributed by atoms with Crippen LogP contribution in [0.3, 0.4) is 0 Å². The van der Waals surface area contributed by atoms with Crippen LogP contribution in [0.25, 0.3) is 0 Å². The van der Waals surface area contributed by atoms with Gasteiger partial charge < -0.3 is 0 Å². The highest BCUT2D eigenvalue weighted by Crippen LogP contribution is 2.24. The Bertz CT molecular complexity index is 626. The predicted molar refractivity (Wildman–Crippen MR) is 65.0 cm³/mol. The molecule has 0 aliphatic heterocycles. The lowest BCUT2D eigenvalue weighted by Crippen LogP contribution is -2.12. The first-order chi connectivity index (χ1) is 7.97. The molecule has 17 heavy (non-hydrogen) atoms. The maximum Gasteiger partial charge on any atom is 0.274 e. The van der Waals surface area contributed by atoms with Crippen LogP contribution in [0.2, 0.25) is 9.62 Å². The molecule has 0 aliphatic carbocycles. The van der Waals surface area contributed by atoms with E-state index in [1.807, 2.05) is 0 Å². The summed E-state index contributed by atoms with van der Waals surface area (Å²) in [4.78, 5) is 3.65. The van der Waals surface area contributed by atoms with Gasteiger partial charge in [-0.05, 0) is 12.1 Å². The van der Waals surface area contributed by atoms with E-state index in [4.69, 9.17) is 23.2 Å². The first kappa shape index (κ1) is 12.5. The second kappa shape index (κ2) is 4.73. The number of aromatic nitrogens is 3. The molecule has 0 amide bonds. The molecule has 10 heteroatoms. The quantitative estimate of drug-likeness (QED) is 0.937. The molecule has 0 fully saturated rings. The molecule has 0 bridgehead atoms. The van der Waals surface area contributed by atoms with Crippen LogP contribution in [0, 0.1) is 0 Å². The topological polar surface area (TPSA) is 84.8 Å². The molecule has 0 aliphatic rings. The van der Waals surface area contributed by atoms with E-state index >= 15 is 0 Å². The number of nitrogens with one attached hydrogen (secondary N) is 1. The molecule has 0 spiro atoms. The van der Waals surface area contributed by atoms with Crippen LogP contribution in [-0.4, -0.2) is 23.6 Å². The van der Waals surface area contributed by atoms with Gasteiger partial charge in [-0.25, -0.2) is 13.4 Å². The molecule has 2 aromatic heterocycles. The molecule has 0 radical (unpaired) electrons. The number of thiazole rings is 1. The van der Waals surface area contributed by atoms with Crippen LogP contribution >= 0.6 is 34.5 Å². The van der Waals surface area contributed by atoms with E-state index in [0.29, 0.717) is 0 Å². The van der Waals surface area contributed by atoms with Gasteiger partial charge in [-0.15, -0.1) is 10.2 Å². The van der Waals surface area contributed by atoms with E-state index in [9.17, 15) is 8.42 Å². The highest BCUT2D eigenvalue weighted by atomic mass is 35.5. The monoisotopic (exact) mass is 310 g/mol. The summed E-state index contributed by atoms with van der Waals surface area (Å²) in [6.07, 6.45) is 1.17. The SMILES string of the molecule is O=S(=O)(Nc1ccc(Cl)nn1)c1cnc(Cl)s1. The molecule has 2 rings (SSSR count). The van der Waals surface area contributed by atoms with Crippen molar-refractivity contribution < 1.29 is 8.42 Å². The summed E-state index contributed by atoms with van der Waals surface area (Å²) in [6, 6.07) is 2.82. The third-order valence-electron chi connectivity index (χ3n) is 1.59. The number of nitrogens with zero attached hydrogens (tertiary/aromatic N) is 3. The van der Waals surface area contributed by atoms with Crippen molar-refractivity contribution in [2.45, 2.75) is 4.21 Å². The summed E-state index contributed by atoms with van der Waals surface area (Å²) >= 11 is 11.9. The van der Waals surface area contributed by atoms with Crippen molar-refractivity contribution in [3.05, 3.63) is 27.9 Å². The minimum atomic E-state index is -3.73. The zero-order valence-electron chi connectivity index (χ0n) is 7.96. The van der Waals surface area contributed by atoms with Crippen molar-refractivity contribution in [1.82, 2.24) is 15.2 Å². The summed E-state index contributed by atoms with van der Waals surface area (Å²) in [5.74, 6) is 0.0684. The lowest BCUT2D eigenvalue weighted by Gasteiger charge is -2.03. The largest absolute Gasteiger partial charge is 0.274 e. The highest BCUT2D eigenvalue weighted by Gasteiger charge is 2.18. The van der Waals surface area contributed by atoms with Crippen molar-refractivity contribution in [3.8, 4) is 0 Å². The fourth-order valence-electron chi connectivity index (χ4n) is 0.922.